The summed E-state index contributed by atoms with van der Waals surface area (Å²) in [5, 5.41) is 9.40. The van der Waals surface area contributed by atoms with Crippen molar-refractivity contribution in [2.45, 2.75) is 111 Å². The van der Waals surface area contributed by atoms with E-state index in [9.17, 15) is 9.90 Å². The largest absolute Gasteiger partial charge is 0.492 e. The Hall–Kier alpha value is -1.51. The highest BCUT2D eigenvalue weighted by Gasteiger charge is 2.19. The fraction of sp³-hybridized carbons (Fsp3) is 0.741. The van der Waals surface area contributed by atoms with Crippen LogP contribution in [0, 0.1) is 11.8 Å². The molecule has 2 atom stereocenters. The Morgan fingerprint density at radius 3 is 2.00 bits per heavy atom. The molecule has 1 rings (SSSR count). The van der Waals surface area contributed by atoms with Gasteiger partial charge in [0.1, 0.15) is 11.3 Å². The summed E-state index contributed by atoms with van der Waals surface area (Å²) in [5.41, 5.74) is 0.263. The van der Waals surface area contributed by atoms with Crippen molar-refractivity contribution >= 4 is 5.97 Å². The van der Waals surface area contributed by atoms with E-state index in [4.69, 9.17) is 4.74 Å². The molecule has 1 N–H and O–H groups in total. The van der Waals surface area contributed by atoms with Crippen LogP contribution in [0.2, 0.25) is 0 Å². The third kappa shape index (κ3) is 11.6. The van der Waals surface area contributed by atoms with E-state index >= 15 is 0 Å². The van der Waals surface area contributed by atoms with Crippen LogP contribution in [0.15, 0.2) is 24.3 Å². The maximum Gasteiger partial charge on any atom is 0.339 e. The van der Waals surface area contributed by atoms with E-state index in [1.165, 1.54) is 89.9 Å². The molecule has 3 heteroatoms. The molecule has 2 unspecified atom stereocenters. The van der Waals surface area contributed by atoms with Gasteiger partial charge in [0.15, 0.2) is 0 Å². The predicted octanol–water partition coefficient (Wildman–Crippen LogP) is 8.52. The second-order valence-corrected chi connectivity index (χ2v) is 8.96. The van der Waals surface area contributed by atoms with E-state index in [1.807, 2.05) is 6.07 Å². The van der Waals surface area contributed by atoms with Gasteiger partial charge in [-0.2, -0.15) is 0 Å². The van der Waals surface area contributed by atoms with Crippen molar-refractivity contribution in [2.75, 3.05) is 6.61 Å². The number of ether oxygens (including phenoxy) is 1. The molecule has 0 spiro atoms. The van der Waals surface area contributed by atoms with Gasteiger partial charge in [-0.25, -0.2) is 4.79 Å². The minimum absolute atomic E-state index is 0.263. The highest BCUT2D eigenvalue weighted by Crippen LogP contribution is 2.27. The average Bonchev–Trinajstić information content (AvgIpc) is 2.75. The molecule has 0 aliphatic rings. The lowest BCUT2D eigenvalue weighted by atomic mass is 9.85. The van der Waals surface area contributed by atoms with E-state index in [2.05, 4.69) is 20.8 Å². The Balaban J connectivity index is 2.50. The normalized spacial score (nSPS) is 13.2. The van der Waals surface area contributed by atoms with Crippen LogP contribution in [0.5, 0.6) is 5.75 Å². The van der Waals surface area contributed by atoms with Gasteiger partial charge in [-0.3, -0.25) is 0 Å². The molecule has 0 radical (unpaired) electrons. The number of hydrogen-bond acceptors (Lipinski definition) is 2. The molecule has 1 aromatic carbocycles. The smallest absolute Gasteiger partial charge is 0.339 e. The SMILES string of the molecule is CCCCCCCCCCC(COc1ccccc1C(=O)O)C(C)CCCCCC. The number of unbranched alkanes of at least 4 members (excludes halogenated alkanes) is 10. The van der Waals surface area contributed by atoms with E-state index in [1.54, 1.807) is 18.2 Å². The summed E-state index contributed by atoms with van der Waals surface area (Å²) in [6.45, 7) is 7.49. The Kier molecular flexibility index (Phi) is 15.2. The number of carboxylic acid groups (broad SMARTS) is 1. The number of aromatic carboxylic acids is 1. The first-order valence-electron chi connectivity index (χ1n) is 12.5. The number of rotatable bonds is 19. The summed E-state index contributed by atoms with van der Waals surface area (Å²) in [7, 11) is 0. The third-order valence-electron chi connectivity index (χ3n) is 6.32. The van der Waals surface area contributed by atoms with Crippen molar-refractivity contribution in [3.05, 3.63) is 29.8 Å². The standard InChI is InChI=1S/C27H46O3/c1-4-6-8-10-11-12-13-15-19-24(23(3)18-14-9-7-5-2)22-30-26-21-17-16-20-25(26)27(28)29/h16-17,20-21,23-24H,4-15,18-19,22H2,1-3H3,(H,28,29). The molecule has 0 aliphatic heterocycles. The maximum atomic E-state index is 11.5. The van der Waals surface area contributed by atoms with Gasteiger partial charge in [-0.05, 0) is 30.4 Å². The van der Waals surface area contributed by atoms with Gasteiger partial charge in [0, 0.05) is 0 Å². The van der Waals surface area contributed by atoms with Gasteiger partial charge in [0.25, 0.3) is 0 Å². The first-order chi connectivity index (χ1) is 14.6. The van der Waals surface area contributed by atoms with Crippen LogP contribution in [-0.2, 0) is 0 Å². The average molecular weight is 419 g/mol. The fourth-order valence-electron chi connectivity index (χ4n) is 4.17. The molecule has 1 aromatic rings. The summed E-state index contributed by atoms with van der Waals surface area (Å²) in [6, 6.07) is 7.01. The molecule has 0 aliphatic carbocycles. The quantitative estimate of drug-likeness (QED) is 0.229. The van der Waals surface area contributed by atoms with Gasteiger partial charge < -0.3 is 9.84 Å². The number of para-hydroxylation sites is 1. The lowest BCUT2D eigenvalue weighted by Gasteiger charge is -2.25. The van der Waals surface area contributed by atoms with Gasteiger partial charge in [-0.1, -0.05) is 116 Å². The summed E-state index contributed by atoms with van der Waals surface area (Å²) in [4.78, 5) is 11.5. The third-order valence-corrected chi connectivity index (χ3v) is 6.32. The van der Waals surface area contributed by atoms with Gasteiger partial charge in [0.05, 0.1) is 6.61 Å². The molecule has 0 fully saturated rings. The van der Waals surface area contributed by atoms with Crippen LogP contribution in [0.3, 0.4) is 0 Å². The Labute approximate surface area is 185 Å². The zero-order chi connectivity index (χ0) is 22.0. The van der Waals surface area contributed by atoms with Crippen molar-refractivity contribution < 1.29 is 14.6 Å². The zero-order valence-corrected chi connectivity index (χ0v) is 19.8. The van der Waals surface area contributed by atoms with Crippen LogP contribution >= 0.6 is 0 Å². The molecule has 0 amide bonds. The molecule has 3 nitrogen and oxygen atoms in total. The second-order valence-electron chi connectivity index (χ2n) is 8.96. The number of carboxylic acids is 1. The van der Waals surface area contributed by atoms with Crippen LogP contribution in [0.25, 0.3) is 0 Å². The summed E-state index contributed by atoms with van der Waals surface area (Å²) in [6.07, 6.45) is 18.3. The van der Waals surface area contributed by atoms with Crippen molar-refractivity contribution in [1.82, 2.24) is 0 Å². The molecule has 0 saturated carbocycles. The topological polar surface area (TPSA) is 46.5 Å². The van der Waals surface area contributed by atoms with E-state index in [0.29, 0.717) is 24.2 Å². The number of carbonyl (C=O) groups is 1. The first kappa shape index (κ1) is 26.5. The van der Waals surface area contributed by atoms with E-state index < -0.39 is 5.97 Å². The van der Waals surface area contributed by atoms with Crippen LogP contribution in [-0.4, -0.2) is 17.7 Å². The van der Waals surface area contributed by atoms with Crippen molar-refractivity contribution in [2.24, 2.45) is 11.8 Å². The molecule has 0 heterocycles. The van der Waals surface area contributed by atoms with Gasteiger partial charge >= 0.3 is 5.97 Å². The summed E-state index contributed by atoms with van der Waals surface area (Å²) >= 11 is 0. The highest BCUT2D eigenvalue weighted by atomic mass is 16.5. The monoisotopic (exact) mass is 418 g/mol. The lowest BCUT2D eigenvalue weighted by Crippen LogP contribution is -2.21. The highest BCUT2D eigenvalue weighted by molar-refractivity contribution is 5.90. The van der Waals surface area contributed by atoms with Crippen LogP contribution < -0.4 is 4.74 Å². The zero-order valence-electron chi connectivity index (χ0n) is 19.8. The van der Waals surface area contributed by atoms with Crippen LogP contribution in [0.4, 0.5) is 0 Å². The van der Waals surface area contributed by atoms with Gasteiger partial charge in [0.2, 0.25) is 0 Å². The Morgan fingerprint density at radius 2 is 1.37 bits per heavy atom. The predicted molar refractivity (Wildman–Crippen MR) is 128 cm³/mol. The minimum Gasteiger partial charge on any atom is -0.492 e. The second kappa shape index (κ2) is 17.2. The summed E-state index contributed by atoms with van der Waals surface area (Å²) in [5.74, 6) is 0.693. The molecule has 0 saturated heterocycles. The fourth-order valence-corrected chi connectivity index (χ4v) is 4.17. The molecule has 172 valence electrons. The van der Waals surface area contributed by atoms with Gasteiger partial charge in [-0.15, -0.1) is 0 Å². The first-order valence-corrected chi connectivity index (χ1v) is 12.5. The van der Waals surface area contributed by atoms with E-state index in [-0.39, 0.29) is 5.56 Å². The molecular weight excluding hydrogens is 372 g/mol. The van der Waals surface area contributed by atoms with Crippen molar-refractivity contribution in [3.8, 4) is 5.75 Å². The lowest BCUT2D eigenvalue weighted by molar-refractivity contribution is 0.0690. The van der Waals surface area contributed by atoms with Crippen molar-refractivity contribution in [1.29, 1.82) is 0 Å². The maximum absolute atomic E-state index is 11.5. The molecule has 0 aromatic heterocycles. The molecule has 0 bridgehead atoms. The van der Waals surface area contributed by atoms with E-state index in [0.717, 1.165) is 0 Å². The Morgan fingerprint density at radius 1 is 0.833 bits per heavy atom. The number of benzene rings is 1. The minimum atomic E-state index is -0.919. The molecular formula is C27H46O3. The Bertz CT molecular complexity index is 555. The van der Waals surface area contributed by atoms with Crippen LogP contribution in [0.1, 0.15) is 121 Å². The molecule has 30 heavy (non-hydrogen) atoms. The van der Waals surface area contributed by atoms with Crippen molar-refractivity contribution in [3.63, 3.8) is 0 Å². The summed E-state index contributed by atoms with van der Waals surface area (Å²) < 4.78 is 6.05. The number of hydrogen-bond donors (Lipinski definition) is 1.